The Kier molecular flexibility index (Phi) is 8.15. The van der Waals surface area contributed by atoms with Crippen LogP contribution in [-0.2, 0) is 9.59 Å². The minimum atomic E-state index is -0.808. The van der Waals surface area contributed by atoms with E-state index in [1.54, 1.807) is 24.3 Å². The second kappa shape index (κ2) is 11.0. The zero-order chi connectivity index (χ0) is 24.0. The number of halogens is 1. The van der Waals surface area contributed by atoms with Crippen LogP contribution in [0.3, 0.4) is 0 Å². The summed E-state index contributed by atoms with van der Waals surface area (Å²) in [6, 6.07) is 12.5. The fourth-order valence-corrected chi connectivity index (χ4v) is 4.39. The van der Waals surface area contributed by atoms with Crippen LogP contribution in [0.2, 0.25) is 5.02 Å². The Morgan fingerprint density at radius 3 is 2.58 bits per heavy atom. The zero-order valence-electron chi connectivity index (χ0n) is 16.9. The predicted octanol–water partition coefficient (Wildman–Crippen LogP) is 3.69. The van der Waals surface area contributed by atoms with E-state index in [1.165, 1.54) is 29.2 Å². The molecule has 2 N–H and O–H groups in total. The molecule has 1 heterocycles. The van der Waals surface area contributed by atoms with Crippen molar-refractivity contribution in [3.8, 4) is 0 Å². The maximum Gasteiger partial charge on any atom is 0.282 e. The Labute approximate surface area is 203 Å². The van der Waals surface area contributed by atoms with Gasteiger partial charge in [0.05, 0.1) is 9.83 Å². The lowest BCUT2D eigenvalue weighted by Crippen LogP contribution is -2.42. The van der Waals surface area contributed by atoms with Crippen molar-refractivity contribution in [3.63, 3.8) is 0 Å². The average molecular weight is 505 g/mol. The number of amides is 3. The van der Waals surface area contributed by atoms with Gasteiger partial charge in [-0.25, -0.2) is 0 Å². The van der Waals surface area contributed by atoms with E-state index >= 15 is 0 Å². The molecule has 9 nitrogen and oxygen atoms in total. The highest BCUT2D eigenvalue weighted by molar-refractivity contribution is 8.26. The van der Waals surface area contributed by atoms with Crippen LogP contribution < -0.4 is 10.9 Å². The molecule has 1 fully saturated rings. The number of nitrogens with zero attached hydrogens (tertiary/aromatic N) is 2. The van der Waals surface area contributed by atoms with Crippen molar-refractivity contribution in [1.29, 1.82) is 0 Å². The molecular weight excluding hydrogens is 488 g/mol. The summed E-state index contributed by atoms with van der Waals surface area (Å²) in [6.45, 7) is 0.218. The van der Waals surface area contributed by atoms with Crippen LogP contribution in [0.1, 0.15) is 28.8 Å². The Balaban J connectivity index is 1.49. The minimum absolute atomic E-state index is 0.00220. The van der Waals surface area contributed by atoms with Crippen LogP contribution in [0.15, 0.2) is 53.4 Å². The molecule has 3 amide bonds. The molecular formula is C21H17ClN4O5S2. The maximum absolute atomic E-state index is 12.7. The van der Waals surface area contributed by atoms with Crippen LogP contribution in [0.25, 0.3) is 6.08 Å². The van der Waals surface area contributed by atoms with Gasteiger partial charge in [-0.3, -0.25) is 40.2 Å². The summed E-state index contributed by atoms with van der Waals surface area (Å²) in [6.07, 6.45) is 1.96. The van der Waals surface area contributed by atoms with Crippen molar-refractivity contribution in [2.45, 2.75) is 12.8 Å². The molecule has 2 aromatic rings. The number of rotatable bonds is 7. The number of hydrogen-bond donors (Lipinski definition) is 2. The third-order valence-corrected chi connectivity index (χ3v) is 6.23. The fourth-order valence-electron chi connectivity index (χ4n) is 2.91. The second-order valence-electron chi connectivity index (χ2n) is 6.73. The van der Waals surface area contributed by atoms with Gasteiger partial charge in [-0.05, 0) is 30.2 Å². The highest BCUT2D eigenvalue weighted by Crippen LogP contribution is 2.33. The predicted molar refractivity (Wildman–Crippen MR) is 129 cm³/mol. The molecule has 1 aliphatic rings. The summed E-state index contributed by atoms with van der Waals surface area (Å²) < 4.78 is 0.378. The van der Waals surface area contributed by atoms with Crippen LogP contribution in [0.5, 0.6) is 0 Å². The monoisotopic (exact) mass is 504 g/mol. The topological polar surface area (TPSA) is 122 Å². The fraction of sp³-hybridized carbons (Fsp3) is 0.143. The van der Waals surface area contributed by atoms with Gasteiger partial charge in [-0.2, -0.15) is 0 Å². The van der Waals surface area contributed by atoms with E-state index in [1.807, 2.05) is 6.07 Å². The SMILES string of the molecule is O=C(CCCN1C(=O)/C(=C/c2ccccc2Cl)SC1=S)NNC(=O)c1ccccc1[N+](=O)[O-]. The molecule has 3 rings (SSSR count). The van der Waals surface area contributed by atoms with E-state index in [4.69, 9.17) is 23.8 Å². The maximum atomic E-state index is 12.7. The Hall–Kier alpha value is -3.28. The molecule has 0 atom stereocenters. The summed E-state index contributed by atoms with van der Waals surface area (Å²) in [5, 5.41) is 11.5. The van der Waals surface area contributed by atoms with Gasteiger partial charge in [-0.15, -0.1) is 0 Å². The molecule has 0 radical (unpaired) electrons. The largest absolute Gasteiger partial charge is 0.293 e. The van der Waals surface area contributed by atoms with Crippen LogP contribution >= 0.6 is 35.6 Å². The molecule has 170 valence electrons. The number of nitro groups is 1. The van der Waals surface area contributed by atoms with Crippen LogP contribution in [0, 0.1) is 10.1 Å². The van der Waals surface area contributed by atoms with E-state index in [0.29, 0.717) is 26.2 Å². The molecule has 33 heavy (non-hydrogen) atoms. The van der Waals surface area contributed by atoms with Gasteiger partial charge >= 0.3 is 0 Å². The smallest absolute Gasteiger partial charge is 0.282 e. The normalized spacial score (nSPS) is 14.5. The first-order chi connectivity index (χ1) is 15.8. The summed E-state index contributed by atoms with van der Waals surface area (Å²) >= 11 is 12.6. The number of benzene rings is 2. The number of nitro benzene ring substituents is 1. The summed E-state index contributed by atoms with van der Waals surface area (Å²) in [7, 11) is 0. The number of hydrazine groups is 1. The quantitative estimate of drug-likeness (QED) is 0.255. The van der Waals surface area contributed by atoms with Crippen molar-refractivity contribution in [2.24, 2.45) is 0 Å². The van der Waals surface area contributed by atoms with Crippen molar-refractivity contribution in [2.75, 3.05) is 6.54 Å². The van der Waals surface area contributed by atoms with Gasteiger partial charge in [0.15, 0.2) is 0 Å². The summed E-state index contributed by atoms with van der Waals surface area (Å²) in [4.78, 5) is 49.0. The Morgan fingerprint density at radius 2 is 1.85 bits per heavy atom. The van der Waals surface area contributed by atoms with E-state index in [2.05, 4.69) is 10.9 Å². The van der Waals surface area contributed by atoms with Gasteiger partial charge in [0.25, 0.3) is 17.5 Å². The van der Waals surface area contributed by atoms with E-state index < -0.39 is 16.7 Å². The molecule has 0 spiro atoms. The highest BCUT2D eigenvalue weighted by Gasteiger charge is 2.31. The lowest BCUT2D eigenvalue weighted by Gasteiger charge is -2.14. The molecule has 12 heteroatoms. The van der Waals surface area contributed by atoms with E-state index in [9.17, 15) is 24.5 Å². The standard InChI is InChI=1S/C21H17ClN4O5S2/c22-15-8-3-1-6-13(15)12-17-20(29)25(21(32)33-17)11-5-10-18(27)23-24-19(28)14-7-2-4-9-16(14)26(30)31/h1-4,6-9,12H,5,10-11H2,(H,23,27)(H,24,28)/b17-12-. The first kappa shape index (κ1) is 24.4. The summed E-state index contributed by atoms with van der Waals surface area (Å²) in [5.41, 5.74) is 4.52. The number of nitrogens with one attached hydrogen (secondary N) is 2. The lowest BCUT2D eigenvalue weighted by molar-refractivity contribution is -0.385. The van der Waals surface area contributed by atoms with Crippen molar-refractivity contribution in [3.05, 3.63) is 79.7 Å². The Morgan fingerprint density at radius 1 is 1.15 bits per heavy atom. The van der Waals surface area contributed by atoms with Crippen molar-refractivity contribution >= 4 is 69.4 Å². The van der Waals surface area contributed by atoms with Gasteiger partial charge in [0.1, 0.15) is 9.88 Å². The molecule has 0 unspecified atom stereocenters. The van der Waals surface area contributed by atoms with Gasteiger partial charge in [0.2, 0.25) is 5.91 Å². The second-order valence-corrected chi connectivity index (χ2v) is 8.82. The van der Waals surface area contributed by atoms with Gasteiger partial charge in [-0.1, -0.05) is 65.9 Å². The zero-order valence-corrected chi connectivity index (χ0v) is 19.3. The molecule has 0 bridgehead atoms. The van der Waals surface area contributed by atoms with E-state index in [0.717, 1.165) is 11.8 Å². The van der Waals surface area contributed by atoms with Gasteiger partial charge < -0.3 is 0 Å². The van der Waals surface area contributed by atoms with Crippen molar-refractivity contribution < 1.29 is 19.3 Å². The number of carbonyl (C=O) groups is 3. The summed E-state index contributed by atoms with van der Waals surface area (Å²) in [5.74, 6) is -1.59. The molecule has 0 saturated carbocycles. The van der Waals surface area contributed by atoms with Crippen LogP contribution in [-0.4, -0.2) is 38.4 Å². The average Bonchev–Trinajstić information content (AvgIpc) is 3.06. The van der Waals surface area contributed by atoms with Crippen LogP contribution in [0.4, 0.5) is 5.69 Å². The highest BCUT2D eigenvalue weighted by atomic mass is 35.5. The Bertz CT molecular complexity index is 1170. The lowest BCUT2D eigenvalue weighted by atomic mass is 10.2. The molecule has 0 aliphatic carbocycles. The molecule has 1 aliphatic heterocycles. The number of thioether (sulfide) groups is 1. The molecule has 1 saturated heterocycles. The number of carbonyl (C=O) groups excluding carboxylic acids is 3. The number of thiocarbonyl (C=S) groups is 1. The van der Waals surface area contributed by atoms with Gasteiger partial charge in [0, 0.05) is 24.1 Å². The third-order valence-electron chi connectivity index (χ3n) is 4.51. The third kappa shape index (κ3) is 6.15. The number of para-hydroxylation sites is 1. The van der Waals surface area contributed by atoms with E-state index in [-0.39, 0.29) is 30.1 Å². The first-order valence-electron chi connectivity index (χ1n) is 9.60. The molecule has 0 aromatic heterocycles. The minimum Gasteiger partial charge on any atom is -0.293 e. The van der Waals surface area contributed by atoms with Crippen molar-refractivity contribution in [1.82, 2.24) is 15.8 Å². The first-order valence-corrected chi connectivity index (χ1v) is 11.2. The molecule has 2 aromatic carbocycles. The number of hydrogen-bond acceptors (Lipinski definition) is 7.